The topological polar surface area (TPSA) is 69.6 Å². The molecule has 0 spiro atoms. The highest BCUT2D eigenvalue weighted by atomic mass is 35.5. The van der Waals surface area contributed by atoms with Gasteiger partial charge in [0.15, 0.2) is 0 Å². The predicted octanol–water partition coefficient (Wildman–Crippen LogP) is 3.08. The van der Waals surface area contributed by atoms with Crippen LogP contribution in [0.5, 0.6) is 0 Å². The quantitative estimate of drug-likeness (QED) is 0.379. The van der Waals surface area contributed by atoms with Crippen molar-refractivity contribution in [2.45, 2.75) is 6.92 Å². The van der Waals surface area contributed by atoms with Gasteiger partial charge in [-0.05, 0) is 31.2 Å². The van der Waals surface area contributed by atoms with Crippen LogP contribution in [0.1, 0.15) is 6.92 Å². The average molecular weight is 315 g/mol. The first kappa shape index (κ1) is 16.6. The first-order chi connectivity index (χ1) is 9.41. The maximum Gasteiger partial charge on any atom is 0.309 e. The van der Waals surface area contributed by atoms with Crippen molar-refractivity contribution >= 4 is 40.2 Å². The Hall–Kier alpha value is -1.50. The molecular weight excluding hydrogens is 300 g/mol. The second-order valence-corrected chi connectivity index (χ2v) is 5.42. The number of carbonyl (C=O) groups is 2. The standard InChI is InChI=1S/C13H15ClN2O3S/c1-9(2)12(17)15-7-8-20-13(18)16(19)11-5-3-10(14)4-6-11/h3-6,19H,1,7-8H2,2H3,(H,15,17). The molecule has 0 bridgehead atoms. The Morgan fingerprint density at radius 1 is 1.40 bits per heavy atom. The zero-order valence-electron chi connectivity index (χ0n) is 10.9. The van der Waals surface area contributed by atoms with Crippen LogP contribution in [0.4, 0.5) is 10.5 Å². The molecule has 0 saturated heterocycles. The summed E-state index contributed by atoms with van der Waals surface area (Å²) in [6.07, 6.45) is 0. The fraction of sp³-hybridized carbons (Fsp3) is 0.231. The number of nitrogens with one attached hydrogen (secondary N) is 1. The normalized spacial score (nSPS) is 9.95. The highest BCUT2D eigenvalue weighted by Crippen LogP contribution is 2.19. The van der Waals surface area contributed by atoms with Crippen LogP contribution in [-0.2, 0) is 4.79 Å². The number of halogens is 1. The van der Waals surface area contributed by atoms with Crippen molar-refractivity contribution in [1.82, 2.24) is 5.32 Å². The summed E-state index contributed by atoms with van der Waals surface area (Å²) in [6, 6.07) is 6.21. The summed E-state index contributed by atoms with van der Waals surface area (Å²) in [5.41, 5.74) is 0.740. The van der Waals surface area contributed by atoms with Crippen LogP contribution < -0.4 is 10.4 Å². The molecule has 20 heavy (non-hydrogen) atoms. The number of hydrogen-bond donors (Lipinski definition) is 2. The van der Waals surface area contributed by atoms with Crippen molar-refractivity contribution in [1.29, 1.82) is 0 Å². The molecule has 108 valence electrons. The van der Waals surface area contributed by atoms with E-state index in [9.17, 15) is 14.8 Å². The molecule has 0 saturated carbocycles. The van der Waals surface area contributed by atoms with E-state index in [1.165, 1.54) is 12.1 Å². The fourth-order valence-electron chi connectivity index (χ4n) is 1.20. The van der Waals surface area contributed by atoms with E-state index in [2.05, 4.69) is 11.9 Å². The molecule has 1 aromatic rings. The molecular formula is C13H15ClN2O3S. The summed E-state index contributed by atoms with van der Waals surface area (Å²) in [4.78, 5) is 22.9. The van der Waals surface area contributed by atoms with Gasteiger partial charge in [0.25, 0.3) is 0 Å². The lowest BCUT2D eigenvalue weighted by Gasteiger charge is -2.14. The molecule has 2 amide bonds. The van der Waals surface area contributed by atoms with Crippen LogP contribution in [0.2, 0.25) is 5.02 Å². The largest absolute Gasteiger partial charge is 0.352 e. The Kier molecular flexibility index (Phi) is 6.57. The first-order valence-electron chi connectivity index (χ1n) is 5.77. The number of amides is 2. The van der Waals surface area contributed by atoms with Crippen LogP contribution in [0.15, 0.2) is 36.4 Å². The molecule has 0 aliphatic carbocycles. The molecule has 0 radical (unpaired) electrons. The number of hydrogen-bond acceptors (Lipinski definition) is 4. The van der Waals surface area contributed by atoms with Gasteiger partial charge in [-0.3, -0.25) is 14.8 Å². The van der Waals surface area contributed by atoms with Crippen LogP contribution in [0.25, 0.3) is 0 Å². The van der Waals surface area contributed by atoms with E-state index in [-0.39, 0.29) is 5.91 Å². The Morgan fingerprint density at radius 3 is 2.55 bits per heavy atom. The number of anilines is 1. The lowest BCUT2D eigenvalue weighted by Crippen LogP contribution is -2.28. The third-order valence-electron chi connectivity index (χ3n) is 2.24. The van der Waals surface area contributed by atoms with Gasteiger partial charge < -0.3 is 5.32 Å². The van der Waals surface area contributed by atoms with Crippen LogP contribution >= 0.6 is 23.4 Å². The third-order valence-corrected chi connectivity index (χ3v) is 3.33. The lowest BCUT2D eigenvalue weighted by molar-refractivity contribution is -0.117. The van der Waals surface area contributed by atoms with Crippen molar-refractivity contribution in [3.63, 3.8) is 0 Å². The maximum absolute atomic E-state index is 11.7. The molecule has 0 aliphatic rings. The smallest absolute Gasteiger partial charge is 0.309 e. The monoisotopic (exact) mass is 314 g/mol. The molecule has 0 unspecified atom stereocenters. The van der Waals surface area contributed by atoms with E-state index in [0.29, 0.717) is 33.6 Å². The minimum atomic E-state index is -0.531. The zero-order chi connectivity index (χ0) is 15.1. The van der Waals surface area contributed by atoms with Crippen molar-refractivity contribution < 1.29 is 14.8 Å². The van der Waals surface area contributed by atoms with Gasteiger partial charge in [-0.1, -0.05) is 29.9 Å². The zero-order valence-corrected chi connectivity index (χ0v) is 12.5. The molecule has 0 aromatic heterocycles. The molecule has 0 heterocycles. The second-order valence-electron chi connectivity index (χ2n) is 3.94. The molecule has 5 nitrogen and oxygen atoms in total. The molecule has 1 aromatic carbocycles. The predicted molar refractivity (Wildman–Crippen MR) is 81.4 cm³/mol. The van der Waals surface area contributed by atoms with Gasteiger partial charge in [0, 0.05) is 22.9 Å². The van der Waals surface area contributed by atoms with Gasteiger partial charge in [0.2, 0.25) is 5.91 Å². The van der Waals surface area contributed by atoms with Gasteiger partial charge in [0.1, 0.15) is 0 Å². The number of thioether (sulfide) groups is 1. The van der Waals surface area contributed by atoms with Gasteiger partial charge in [0.05, 0.1) is 5.69 Å². The Morgan fingerprint density at radius 2 is 2.00 bits per heavy atom. The van der Waals surface area contributed by atoms with Gasteiger partial charge in [-0.25, -0.2) is 0 Å². The number of benzene rings is 1. The van der Waals surface area contributed by atoms with Gasteiger partial charge in [-0.15, -0.1) is 0 Å². The summed E-state index contributed by atoms with van der Waals surface area (Å²) in [6.45, 7) is 5.42. The third kappa shape index (κ3) is 5.24. The van der Waals surface area contributed by atoms with E-state index < -0.39 is 5.24 Å². The van der Waals surface area contributed by atoms with Crippen LogP contribution in [0.3, 0.4) is 0 Å². The van der Waals surface area contributed by atoms with Crippen LogP contribution in [0, 0.1) is 0 Å². The molecule has 0 fully saturated rings. The summed E-state index contributed by atoms with van der Waals surface area (Å²) in [7, 11) is 0. The summed E-state index contributed by atoms with van der Waals surface area (Å²) >= 11 is 6.61. The molecule has 0 atom stereocenters. The van der Waals surface area contributed by atoms with Crippen molar-refractivity contribution in [3.05, 3.63) is 41.4 Å². The number of carbonyl (C=O) groups excluding carboxylic acids is 2. The van der Waals surface area contributed by atoms with E-state index in [4.69, 9.17) is 11.6 Å². The second kappa shape index (κ2) is 7.94. The Labute approximate surface area is 126 Å². The number of nitrogens with zero attached hydrogens (tertiary/aromatic N) is 1. The van der Waals surface area contributed by atoms with E-state index in [1.54, 1.807) is 19.1 Å². The number of rotatable bonds is 5. The minimum absolute atomic E-state index is 0.253. The first-order valence-corrected chi connectivity index (χ1v) is 7.13. The van der Waals surface area contributed by atoms with E-state index in [0.717, 1.165) is 11.8 Å². The van der Waals surface area contributed by atoms with E-state index >= 15 is 0 Å². The van der Waals surface area contributed by atoms with Gasteiger partial charge in [-0.2, -0.15) is 5.06 Å². The molecule has 7 heteroatoms. The Bertz CT molecular complexity index is 505. The van der Waals surface area contributed by atoms with Crippen molar-refractivity contribution in [2.75, 3.05) is 17.4 Å². The fourth-order valence-corrected chi connectivity index (χ4v) is 1.94. The highest BCUT2D eigenvalue weighted by molar-refractivity contribution is 8.13. The molecule has 1 rings (SSSR count). The SMILES string of the molecule is C=C(C)C(=O)NCCSC(=O)N(O)c1ccc(Cl)cc1. The number of hydroxylamine groups is 1. The molecule has 0 aliphatic heterocycles. The van der Waals surface area contributed by atoms with Crippen molar-refractivity contribution in [2.24, 2.45) is 0 Å². The summed E-state index contributed by atoms with van der Waals surface area (Å²) in [5.74, 6) is 0.0966. The summed E-state index contributed by atoms with van der Waals surface area (Å²) in [5, 5.41) is 12.8. The van der Waals surface area contributed by atoms with E-state index in [1.807, 2.05) is 0 Å². The van der Waals surface area contributed by atoms with Crippen molar-refractivity contribution in [3.8, 4) is 0 Å². The average Bonchev–Trinajstić information content (AvgIpc) is 2.43. The molecule has 2 N–H and O–H groups in total. The summed E-state index contributed by atoms with van der Waals surface area (Å²) < 4.78 is 0. The minimum Gasteiger partial charge on any atom is -0.352 e. The lowest BCUT2D eigenvalue weighted by atomic mass is 10.3. The van der Waals surface area contributed by atoms with Crippen LogP contribution in [-0.4, -0.2) is 28.7 Å². The van der Waals surface area contributed by atoms with Gasteiger partial charge >= 0.3 is 5.24 Å². The highest BCUT2D eigenvalue weighted by Gasteiger charge is 2.13. The maximum atomic E-state index is 11.7. The Balaban J connectivity index is 2.37.